The van der Waals surface area contributed by atoms with Gasteiger partial charge in [0.05, 0.1) is 5.56 Å². The van der Waals surface area contributed by atoms with E-state index in [1.54, 1.807) is 0 Å². The lowest BCUT2D eigenvalue weighted by Gasteiger charge is -2.26. The summed E-state index contributed by atoms with van der Waals surface area (Å²) in [4.78, 5) is 21.0. The minimum absolute atomic E-state index is 0.227. The SMILES string of the molecule is CN(c1ncnc(Cl)c1C=O)C1CCCC1. The minimum Gasteiger partial charge on any atom is -0.356 e. The molecule has 0 bridgehead atoms. The number of carbonyl (C=O) groups excluding carboxylic acids is 1. The molecule has 0 atom stereocenters. The van der Waals surface area contributed by atoms with Crippen LogP contribution in [0.2, 0.25) is 5.15 Å². The quantitative estimate of drug-likeness (QED) is 0.600. The van der Waals surface area contributed by atoms with Crippen molar-refractivity contribution in [3.63, 3.8) is 0 Å². The van der Waals surface area contributed by atoms with Crippen molar-refractivity contribution in [2.45, 2.75) is 31.7 Å². The lowest BCUT2D eigenvalue weighted by Crippen LogP contribution is -2.30. The van der Waals surface area contributed by atoms with E-state index in [4.69, 9.17) is 11.6 Å². The predicted molar refractivity (Wildman–Crippen MR) is 63.1 cm³/mol. The number of aromatic nitrogens is 2. The lowest BCUT2D eigenvalue weighted by atomic mass is 10.2. The van der Waals surface area contributed by atoms with Gasteiger partial charge in [-0.25, -0.2) is 9.97 Å². The molecule has 0 N–H and O–H groups in total. The van der Waals surface area contributed by atoms with E-state index in [1.807, 2.05) is 11.9 Å². The third kappa shape index (κ3) is 2.02. The van der Waals surface area contributed by atoms with Crippen LogP contribution in [0.25, 0.3) is 0 Å². The van der Waals surface area contributed by atoms with Crippen LogP contribution in [-0.4, -0.2) is 29.3 Å². The highest BCUT2D eigenvalue weighted by atomic mass is 35.5. The van der Waals surface area contributed by atoms with Crippen molar-refractivity contribution in [1.82, 2.24) is 9.97 Å². The van der Waals surface area contributed by atoms with Crippen molar-refractivity contribution >= 4 is 23.7 Å². The number of rotatable bonds is 3. The Hall–Kier alpha value is -1.16. The topological polar surface area (TPSA) is 46.1 Å². The van der Waals surface area contributed by atoms with Crippen LogP contribution in [0.1, 0.15) is 36.0 Å². The first-order valence-corrected chi connectivity index (χ1v) is 5.80. The van der Waals surface area contributed by atoms with E-state index >= 15 is 0 Å². The van der Waals surface area contributed by atoms with Gasteiger partial charge in [0, 0.05) is 13.1 Å². The molecular weight excluding hydrogens is 226 g/mol. The summed E-state index contributed by atoms with van der Waals surface area (Å²) < 4.78 is 0. The van der Waals surface area contributed by atoms with Crippen molar-refractivity contribution in [3.8, 4) is 0 Å². The molecule has 1 aliphatic carbocycles. The molecule has 0 amide bonds. The minimum atomic E-state index is 0.227. The van der Waals surface area contributed by atoms with Crippen LogP contribution in [0, 0.1) is 0 Å². The van der Waals surface area contributed by atoms with E-state index in [1.165, 1.54) is 19.2 Å². The van der Waals surface area contributed by atoms with Crippen LogP contribution in [0.4, 0.5) is 5.82 Å². The van der Waals surface area contributed by atoms with Gasteiger partial charge in [0.15, 0.2) is 6.29 Å². The number of nitrogens with zero attached hydrogens (tertiary/aromatic N) is 3. The third-order valence-corrected chi connectivity index (χ3v) is 3.44. The molecule has 1 heterocycles. The molecule has 16 heavy (non-hydrogen) atoms. The van der Waals surface area contributed by atoms with Crippen molar-refractivity contribution in [1.29, 1.82) is 0 Å². The summed E-state index contributed by atoms with van der Waals surface area (Å²) in [6.45, 7) is 0. The van der Waals surface area contributed by atoms with E-state index in [-0.39, 0.29) is 5.15 Å². The predicted octanol–water partition coefficient (Wildman–Crippen LogP) is 2.32. The van der Waals surface area contributed by atoms with Crippen LogP contribution >= 0.6 is 11.6 Å². The molecule has 1 saturated carbocycles. The fourth-order valence-electron chi connectivity index (χ4n) is 2.21. The van der Waals surface area contributed by atoms with Crippen LogP contribution in [0.3, 0.4) is 0 Å². The number of carbonyl (C=O) groups is 1. The second-order valence-electron chi connectivity index (χ2n) is 4.07. The van der Waals surface area contributed by atoms with Crippen LogP contribution in [-0.2, 0) is 0 Å². The summed E-state index contributed by atoms with van der Waals surface area (Å²) in [6, 6.07) is 0.463. The zero-order valence-corrected chi connectivity index (χ0v) is 9.94. The molecule has 0 saturated heterocycles. The van der Waals surface area contributed by atoms with E-state index < -0.39 is 0 Å². The molecule has 1 aromatic rings. The number of hydrogen-bond donors (Lipinski definition) is 0. The summed E-state index contributed by atoms with van der Waals surface area (Å²) in [7, 11) is 1.96. The van der Waals surface area contributed by atoms with Crippen molar-refractivity contribution in [2.75, 3.05) is 11.9 Å². The summed E-state index contributed by atoms with van der Waals surface area (Å²) >= 11 is 5.87. The molecule has 0 aliphatic heterocycles. The highest BCUT2D eigenvalue weighted by Gasteiger charge is 2.23. The smallest absolute Gasteiger partial charge is 0.156 e. The van der Waals surface area contributed by atoms with Gasteiger partial charge in [-0.15, -0.1) is 0 Å². The van der Waals surface area contributed by atoms with Crippen LogP contribution < -0.4 is 4.90 Å². The van der Waals surface area contributed by atoms with E-state index in [0.29, 0.717) is 17.4 Å². The fraction of sp³-hybridized carbons (Fsp3) is 0.545. The van der Waals surface area contributed by atoms with E-state index in [2.05, 4.69) is 9.97 Å². The molecule has 86 valence electrons. The molecule has 0 radical (unpaired) electrons. The first-order chi connectivity index (χ1) is 7.74. The Morgan fingerprint density at radius 2 is 2.12 bits per heavy atom. The zero-order valence-electron chi connectivity index (χ0n) is 9.19. The van der Waals surface area contributed by atoms with Crippen LogP contribution in [0.5, 0.6) is 0 Å². The molecule has 0 spiro atoms. The molecule has 4 nitrogen and oxygen atoms in total. The average molecular weight is 240 g/mol. The zero-order chi connectivity index (χ0) is 11.5. The normalized spacial score (nSPS) is 16.4. The summed E-state index contributed by atoms with van der Waals surface area (Å²) in [5.41, 5.74) is 0.388. The van der Waals surface area contributed by atoms with Crippen molar-refractivity contribution in [2.24, 2.45) is 0 Å². The van der Waals surface area contributed by atoms with Gasteiger partial charge in [-0.05, 0) is 12.8 Å². The summed E-state index contributed by atoms with van der Waals surface area (Å²) in [5.74, 6) is 0.641. The Kier molecular flexibility index (Phi) is 3.39. The molecule has 1 fully saturated rings. The Morgan fingerprint density at radius 1 is 1.44 bits per heavy atom. The standard InChI is InChI=1S/C11H14ClN3O/c1-15(8-4-2-3-5-8)11-9(6-16)10(12)13-7-14-11/h6-8H,2-5H2,1H3. The molecule has 1 aliphatic rings. The van der Waals surface area contributed by atoms with Gasteiger partial charge in [-0.2, -0.15) is 0 Å². The molecule has 1 aromatic heterocycles. The number of halogens is 1. The molecule has 5 heteroatoms. The fourth-order valence-corrected chi connectivity index (χ4v) is 2.39. The monoisotopic (exact) mass is 239 g/mol. The Labute approximate surface area is 99.6 Å². The van der Waals surface area contributed by atoms with Gasteiger partial charge in [-0.1, -0.05) is 24.4 Å². The largest absolute Gasteiger partial charge is 0.356 e. The second kappa shape index (κ2) is 4.78. The molecule has 0 unspecified atom stereocenters. The average Bonchev–Trinajstić information content (AvgIpc) is 2.81. The van der Waals surface area contributed by atoms with Gasteiger partial charge in [0.1, 0.15) is 17.3 Å². The van der Waals surface area contributed by atoms with E-state index in [9.17, 15) is 4.79 Å². The summed E-state index contributed by atoms with van der Waals surface area (Å²) in [6.07, 6.45) is 6.90. The van der Waals surface area contributed by atoms with E-state index in [0.717, 1.165) is 19.1 Å². The van der Waals surface area contributed by atoms with Crippen molar-refractivity contribution in [3.05, 3.63) is 17.0 Å². The lowest BCUT2D eigenvalue weighted by molar-refractivity contribution is 0.112. The summed E-state index contributed by atoms with van der Waals surface area (Å²) in [5, 5.41) is 0.227. The Morgan fingerprint density at radius 3 is 2.75 bits per heavy atom. The first kappa shape index (κ1) is 11.3. The number of anilines is 1. The number of hydrogen-bond acceptors (Lipinski definition) is 4. The highest BCUT2D eigenvalue weighted by Crippen LogP contribution is 2.28. The van der Waals surface area contributed by atoms with Gasteiger partial charge in [0.25, 0.3) is 0 Å². The first-order valence-electron chi connectivity index (χ1n) is 5.42. The van der Waals surface area contributed by atoms with Gasteiger partial charge < -0.3 is 4.90 Å². The maximum absolute atomic E-state index is 11.0. The van der Waals surface area contributed by atoms with Gasteiger partial charge >= 0.3 is 0 Å². The Bertz CT molecular complexity index is 391. The van der Waals surface area contributed by atoms with Gasteiger partial charge in [0.2, 0.25) is 0 Å². The molecule has 2 rings (SSSR count). The Balaban J connectivity index is 2.31. The second-order valence-corrected chi connectivity index (χ2v) is 4.43. The molecule has 0 aromatic carbocycles. The molecular formula is C11H14ClN3O. The highest BCUT2D eigenvalue weighted by molar-refractivity contribution is 6.32. The number of aldehydes is 1. The maximum Gasteiger partial charge on any atom is 0.156 e. The maximum atomic E-state index is 11.0. The third-order valence-electron chi connectivity index (χ3n) is 3.14. The van der Waals surface area contributed by atoms with Gasteiger partial charge in [-0.3, -0.25) is 4.79 Å². The van der Waals surface area contributed by atoms with Crippen LogP contribution in [0.15, 0.2) is 6.33 Å². The van der Waals surface area contributed by atoms with Crippen molar-refractivity contribution < 1.29 is 4.79 Å².